The van der Waals surface area contributed by atoms with Gasteiger partial charge in [-0.3, -0.25) is 0 Å². The molecule has 1 aromatic heterocycles. The quantitative estimate of drug-likeness (QED) is 0.770. The maximum atomic E-state index is 6.12. The highest BCUT2D eigenvalue weighted by Crippen LogP contribution is 2.24. The molecular formula is C18H25N3O2. The first-order valence-corrected chi connectivity index (χ1v) is 8.35. The molecule has 5 nitrogen and oxygen atoms in total. The van der Waals surface area contributed by atoms with Crippen LogP contribution in [0.3, 0.4) is 0 Å². The second-order valence-corrected chi connectivity index (χ2v) is 5.92. The molecule has 1 fully saturated rings. The number of piperidine rings is 1. The number of hydrogen-bond acceptors (Lipinski definition) is 5. The first-order chi connectivity index (χ1) is 11.3. The van der Waals surface area contributed by atoms with Crippen molar-refractivity contribution in [1.82, 2.24) is 10.3 Å². The van der Waals surface area contributed by atoms with Crippen molar-refractivity contribution < 1.29 is 9.47 Å². The Morgan fingerprint density at radius 2 is 2.09 bits per heavy atom. The molecule has 1 saturated heterocycles. The SMILES string of the molecule is COCCCNc1cc2cc(OC3CCNCC3)ccc2cn1. The van der Waals surface area contributed by atoms with Gasteiger partial charge in [-0.05, 0) is 62.0 Å². The summed E-state index contributed by atoms with van der Waals surface area (Å²) in [6, 6.07) is 8.31. The topological polar surface area (TPSA) is 55.4 Å². The monoisotopic (exact) mass is 315 g/mol. The van der Waals surface area contributed by atoms with Gasteiger partial charge in [0.15, 0.2) is 0 Å². The Labute approximate surface area is 137 Å². The van der Waals surface area contributed by atoms with E-state index >= 15 is 0 Å². The van der Waals surface area contributed by atoms with Crippen LogP contribution in [0.4, 0.5) is 5.82 Å². The fraction of sp³-hybridized carbons (Fsp3) is 0.500. The van der Waals surface area contributed by atoms with Crippen molar-refractivity contribution in [3.63, 3.8) is 0 Å². The van der Waals surface area contributed by atoms with Gasteiger partial charge in [-0.15, -0.1) is 0 Å². The van der Waals surface area contributed by atoms with Crippen molar-refractivity contribution in [2.45, 2.75) is 25.4 Å². The summed E-state index contributed by atoms with van der Waals surface area (Å²) in [6.45, 7) is 3.70. The predicted molar refractivity (Wildman–Crippen MR) is 93.2 cm³/mol. The molecule has 23 heavy (non-hydrogen) atoms. The molecule has 0 atom stereocenters. The van der Waals surface area contributed by atoms with Gasteiger partial charge < -0.3 is 20.1 Å². The number of pyridine rings is 1. The molecule has 0 bridgehead atoms. The number of benzene rings is 1. The van der Waals surface area contributed by atoms with Gasteiger partial charge in [-0.2, -0.15) is 0 Å². The van der Waals surface area contributed by atoms with Crippen LogP contribution in [0.15, 0.2) is 30.5 Å². The molecule has 2 heterocycles. The number of methoxy groups -OCH3 is 1. The van der Waals surface area contributed by atoms with Crippen molar-refractivity contribution in [2.24, 2.45) is 0 Å². The third-order valence-electron chi connectivity index (χ3n) is 4.11. The van der Waals surface area contributed by atoms with E-state index in [1.54, 1.807) is 7.11 Å². The van der Waals surface area contributed by atoms with Crippen LogP contribution < -0.4 is 15.4 Å². The van der Waals surface area contributed by atoms with E-state index in [1.807, 2.05) is 12.3 Å². The molecular weight excluding hydrogens is 290 g/mol. The fourth-order valence-electron chi connectivity index (χ4n) is 2.83. The van der Waals surface area contributed by atoms with E-state index in [4.69, 9.17) is 9.47 Å². The second-order valence-electron chi connectivity index (χ2n) is 5.92. The number of fused-ring (bicyclic) bond motifs is 1. The van der Waals surface area contributed by atoms with E-state index in [-0.39, 0.29) is 0 Å². The average molecular weight is 315 g/mol. The first kappa shape index (κ1) is 16.0. The molecule has 3 rings (SSSR count). The summed E-state index contributed by atoms with van der Waals surface area (Å²) in [4.78, 5) is 4.45. The Kier molecular flexibility index (Phi) is 5.66. The third-order valence-corrected chi connectivity index (χ3v) is 4.11. The van der Waals surface area contributed by atoms with Gasteiger partial charge in [0, 0.05) is 31.8 Å². The largest absolute Gasteiger partial charge is 0.490 e. The Bertz CT molecular complexity index is 627. The molecule has 0 amide bonds. The van der Waals surface area contributed by atoms with E-state index in [0.717, 1.165) is 67.8 Å². The lowest BCUT2D eigenvalue weighted by Crippen LogP contribution is -2.34. The molecule has 124 valence electrons. The first-order valence-electron chi connectivity index (χ1n) is 8.35. The van der Waals surface area contributed by atoms with Gasteiger partial charge in [-0.1, -0.05) is 0 Å². The molecule has 2 N–H and O–H groups in total. The molecule has 0 spiro atoms. The Balaban J connectivity index is 1.66. The van der Waals surface area contributed by atoms with E-state index in [1.165, 1.54) is 0 Å². The summed E-state index contributed by atoms with van der Waals surface area (Å²) in [7, 11) is 1.72. The number of ether oxygens (including phenoxy) is 2. The molecule has 2 aromatic rings. The minimum Gasteiger partial charge on any atom is -0.490 e. The van der Waals surface area contributed by atoms with Crippen LogP contribution in [0.1, 0.15) is 19.3 Å². The number of nitrogens with zero attached hydrogens (tertiary/aromatic N) is 1. The van der Waals surface area contributed by atoms with Gasteiger partial charge in [0.1, 0.15) is 17.7 Å². The summed E-state index contributed by atoms with van der Waals surface area (Å²) in [5.74, 6) is 1.84. The molecule has 1 aliphatic heterocycles. The van der Waals surface area contributed by atoms with Crippen LogP contribution >= 0.6 is 0 Å². The lowest BCUT2D eigenvalue weighted by molar-refractivity contribution is 0.162. The van der Waals surface area contributed by atoms with Gasteiger partial charge in [0.2, 0.25) is 0 Å². The average Bonchev–Trinajstić information content (AvgIpc) is 2.59. The Morgan fingerprint density at radius 3 is 2.91 bits per heavy atom. The zero-order chi connectivity index (χ0) is 15.9. The third kappa shape index (κ3) is 4.56. The lowest BCUT2D eigenvalue weighted by Gasteiger charge is -2.24. The van der Waals surface area contributed by atoms with Crippen LogP contribution in [-0.4, -0.2) is 44.4 Å². The van der Waals surface area contributed by atoms with E-state index in [2.05, 4.69) is 33.8 Å². The van der Waals surface area contributed by atoms with Crippen LogP contribution in [0.5, 0.6) is 5.75 Å². The molecule has 0 aliphatic carbocycles. The molecule has 5 heteroatoms. The number of anilines is 1. The molecule has 1 aliphatic rings. The molecule has 0 radical (unpaired) electrons. The number of rotatable bonds is 7. The summed E-state index contributed by atoms with van der Waals surface area (Å²) in [5.41, 5.74) is 0. The second kappa shape index (κ2) is 8.13. The molecule has 0 unspecified atom stereocenters. The normalized spacial score (nSPS) is 15.7. The lowest BCUT2D eigenvalue weighted by atomic mass is 10.1. The summed E-state index contributed by atoms with van der Waals surface area (Å²) in [5, 5.41) is 8.98. The van der Waals surface area contributed by atoms with E-state index in [0.29, 0.717) is 6.10 Å². The maximum Gasteiger partial charge on any atom is 0.126 e. The van der Waals surface area contributed by atoms with Gasteiger partial charge in [-0.25, -0.2) is 4.98 Å². The summed E-state index contributed by atoms with van der Waals surface area (Å²) in [6.07, 6.45) is 5.33. The van der Waals surface area contributed by atoms with Crippen molar-refractivity contribution in [3.8, 4) is 5.75 Å². The standard InChI is InChI=1S/C18H25N3O2/c1-22-10-2-7-20-18-12-15-11-17(4-3-14(15)13-21-18)23-16-5-8-19-9-6-16/h3-4,11-13,16,19H,2,5-10H2,1H3,(H,20,21). The Morgan fingerprint density at radius 1 is 1.22 bits per heavy atom. The minimum absolute atomic E-state index is 0.321. The number of hydrogen-bond donors (Lipinski definition) is 2. The highest BCUT2D eigenvalue weighted by molar-refractivity contribution is 5.85. The van der Waals surface area contributed by atoms with Crippen molar-refractivity contribution in [3.05, 3.63) is 30.5 Å². The zero-order valence-electron chi connectivity index (χ0n) is 13.7. The Hall–Kier alpha value is -1.85. The smallest absolute Gasteiger partial charge is 0.126 e. The fourth-order valence-corrected chi connectivity index (χ4v) is 2.83. The van der Waals surface area contributed by atoms with E-state index in [9.17, 15) is 0 Å². The zero-order valence-corrected chi connectivity index (χ0v) is 13.7. The van der Waals surface area contributed by atoms with Gasteiger partial charge in [0.25, 0.3) is 0 Å². The van der Waals surface area contributed by atoms with Crippen molar-refractivity contribution >= 4 is 16.6 Å². The molecule has 1 aromatic carbocycles. The highest BCUT2D eigenvalue weighted by atomic mass is 16.5. The van der Waals surface area contributed by atoms with Crippen LogP contribution in [-0.2, 0) is 4.74 Å². The predicted octanol–water partition coefficient (Wildman–Crippen LogP) is 2.81. The summed E-state index contributed by atoms with van der Waals surface area (Å²) < 4.78 is 11.2. The van der Waals surface area contributed by atoms with Crippen LogP contribution in [0.2, 0.25) is 0 Å². The van der Waals surface area contributed by atoms with Crippen LogP contribution in [0, 0.1) is 0 Å². The number of nitrogens with one attached hydrogen (secondary N) is 2. The van der Waals surface area contributed by atoms with Crippen LogP contribution in [0.25, 0.3) is 10.8 Å². The van der Waals surface area contributed by atoms with Crippen molar-refractivity contribution in [2.75, 3.05) is 38.7 Å². The number of aromatic nitrogens is 1. The van der Waals surface area contributed by atoms with E-state index < -0.39 is 0 Å². The van der Waals surface area contributed by atoms with Gasteiger partial charge >= 0.3 is 0 Å². The van der Waals surface area contributed by atoms with Gasteiger partial charge in [0.05, 0.1) is 0 Å². The highest BCUT2D eigenvalue weighted by Gasteiger charge is 2.14. The summed E-state index contributed by atoms with van der Waals surface area (Å²) >= 11 is 0. The molecule has 0 saturated carbocycles. The van der Waals surface area contributed by atoms with Crippen molar-refractivity contribution in [1.29, 1.82) is 0 Å². The maximum absolute atomic E-state index is 6.12. The minimum atomic E-state index is 0.321.